The number of amides is 1. The molecule has 1 amide bonds. The highest BCUT2D eigenvalue weighted by Gasteiger charge is 2.31. The fourth-order valence-electron chi connectivity index (χ4n) is 4.18. The summed E-state index contributed by atoms with van der Waals surface area (Å²) in [4.78, 5) is 27.8. The molecule has 0 atom stereocenters. The quantitative estimate of drug-likeness (QED) is 0.846. The van der Waals surface area contributed by atoms with Crippen LogP contribution < -0.4 is 5.69 Å². The molecule has 1 saturated heterocycles. The topological polar surface area (TPSA) is 60.1 Å². The monoisotopic (exact) mass is 360 g/mol. The number of likely N-dealkylation sites (tertiary alicyclic amines) is 1. The maximum atomic E-state index is 12.5. The van der Waals surface area contributed by atoms with Crippen molar-refractivity contribution in [2.24, 2.45) is 7.05 Å². The van der Waals surface area contributed by atoms with Crippen molar-refractivity contribution in [3.63, 3.8) is 0 Å². The second kappa shape index (κ2) is 6.78. The van der Waals surface area contributed by atoms with Crippen LogP contribution in [0, 0.1) is 0 Å². The highest BCUT2D eigenvalue weighted by atomic mass is 32.1. The number of carbonyl (C=O) groups is 1. The van der Waals surface area contributed by atoms with Crippen LogP contribution in [-0.4, -0.2) is 38.2 Å². The van der Waals surface area contributed by atoms with E-state index in [-0.39, 0.29) is 17.5 Å². The largest absolute Gasteiger partial charge is 0.345 e. The van der Waals surface area contributed by atoms with E-state index in [1.54, 1.807) is 7.05 Å². The Bertz CT molecular complexity index is 794. The van der Waals surface area contributed by atoms with Crippen LogP contribution in [0.2, 0.25) is 0 Å². The molecule has 1 saturated carbocycles. The van der Waals surface area contributed by atoms with Crippen molar-refractivity contribution in [2.75, 3.05) is 13.1 Å². The molecule has 1 aliphatic carbocycles. The average Bonchev–Trinajstić information content (AvgIpc) is 3.37. The summed E-state index contributed by atoms with van der Waals surface area (Å²) >= 11 is 1.49. The lowest BCUT2D eigenvalue weighted by molar-refractivity contribution is 0.0714. The molecule has 0 aromatic carbocycles. The van der Waals surface area contributed by atoms with Gasteiger partial charge in [-0.15, -0.1) is 11.3 Å². The number of carbonyl (C=O) groups excluding carboxylic acids is 1. The number of thiophene rings is 1. The average molecular weight is 360 g/mol. The van der Waals surface area contributed by atoms with E-state index in [4.69, 9.17) is 0 Å². The maximum absolute atomic E-state index is 12.5. The minimum atomic E-state index is 0.0130. The van der Waals surface area contributed by atoms with E-state index in [2.05, 4.69) is 5.10 Å². The van der Waals surface area contributed by atoms with Crippen molar-refractivity contribution >= 4 is 17.2 Å². The lowest BCUT2D eigenvalue weighted by Gasteiger charge is -2.31. The molecule has 2 aliphatic rings. The van der Waals surface area contributed by atoms with Gasteiger partial charge in [-0.25, -0.2) is 9.48 Å². The third kappa shape index (κ3) is 3.05. The van der Waals surface area contributed by atoms with Crippen LogP contribution in [0.15, 0.2) is 22.3 Å². The number of nitrogens with zero attached hydrogens (tertiary/aromatic N) is 4. The summed E-state index contributed by atoms with van der Waals surface area (Å²) in [6, 6.07) is 4.11. The number of aromatic nitrogens is 3. The van der Waals surface area contributed by atoms with Crippen LogP contribution in [0.5, 0.6) is 0 Å². The fourth-order valence-corrected chi connectivity index (χ4v) is 4.87. The van der Waals surface area contributed by atoms with Crippen LogP contribution in [0.3, 0.4) is 0 Å². The van der Waals surface area contributed by atoms with E-state index in [9.17, 15) is 9.59 Å². The summed E-state index contributed by atoms with van der Waals surface area (Å²) in [5, 5.41) is 6.50. The van der Waals surface area contributed by atoms with Crippen molar-refractivity contribution < 1.29 is 4.79 Å². The zero-order valence-electron chi connectivity index (χ0n) is 14.6. The van der Waals surface area contributed by atoms with Gasteiger partial charge >= 0.3 is 5.69 Å². The van der Waals surface area contributed by atoms with Gasteiger partial charge in [0.25, 0.3) is 5.91 Å². The summed E-state index contributed by atoms with van der Waals surface area (Å²) in [6.07, 6.45) is 6.29. The normalized spacial score (nSPS) is 19.6. The van der Waals surface area contributed by atoms with Gasteiger partial charge in [-0.05, 0) is 37.1 Å². The van der Waals surface area contributed by atoms with E-state index >= 15 is 0 Å². The minimum absolute atomic E-state index is 0.0130. The zero-order valence-corrected chi connectivity index (χ0v) is 15.4. The molecule has 3 heterocycles. The third-order valence-corrected chi connectivity index (χ3v) is 6.41. The van der Waals surface area contributed by atoms with Gasteiger partial charge < -0.3 is 4.90 Å². The highest BCUT2D eigenvalue weighted by molar-refractivity contribution is 7.12. The molecule has 2 aromatic rings. The van der Waals surface area contributed by atoms with Crippen LogP contribution in [0.25, 0.3) is 0 Å². The molecule has 0 spiro atoms. The van der Waals surface area contributed by atoms with E-state index in [1.807, 2.05) is 27.0 Å². The van der Waals surface area contributed by atoms with Gasteiger partial charge in [0.15, 0.2) is 0 Å². The van der Waals surface area contributed by atoms with Gasteiger partial charge in [0.1, 0.15) is 5.82 Å². The molecule has 1 aliphatic heterocycles. The number of aryl methyl sites for hydroxylation is 1. The Balaban J connectivity index is 1.50. The molecular formula is C18H24N4O2S. The molecule has 134 valence electrons. The first-order chi connectivity index (χ1) is 12.1. The van der Waals surface area contributed by atoms with Gasteiger partial charge in [-0.1, -0.05) is 18.9 Å². The van der Waals surface area contributed by atoms with Crippen LogP contribution >= 0.6 is 11.3 Å². The van der Waals surface area contributed by atoms with E-state index < -0.39 is 0 Å². The molecule has 2 aromatic heterocycles. The SMILES string of the molecule is Cn1nc(C2CCN(C(=O)c3cccs3)CC2)n(C2CCCC2)c1=O. The molecule has 7 heteroatoms. The van der Waals surface area contributed by atoms with E-state index in [0.717, 1.165) is 49.5 Å². The predicted molar refractivity (Wildman–Crippen MR) is 97.2 cm³/mol. The Hall–Kier alpha value is -1.89. The minimum Gasteiger partial charge on any atom is -0.338 e. The highest BCUT2D eigenvalue weighted by Crippen LogP contribution is 2.33. The van der Waals surface area contributed by atoms with Crippen molar-refractivity contribution in [2.45, 2.75) is 50.5 Å². The Kier molecular flexibility index (Phi) is 4.50. The molecular weight excluding hydrogens is 336 g/mol. The first-order valence-electron chi connectivity index (χ1n) is 9.13. The predicted octanol–water partition coefficient (Wildman–Crippen LogP) is 2.78. The Labute approximate surface area is 151 Å². The molecule has 25 heavy (non-hydrogen) atoms. The number of rotatable bonds is 3. The van der Waals surface area contributed by atoms with Gasteiger partial charge in [0.05, 0.1) is 4.88 Å². The number of piperidine rings is 1. The zero-order chi connectivity index (χ0) is 17.4. The van der Waals surface area contributed by atoms with Crippen molar-refractivity contribution in [3.8, 4) is 0 Å². The Morgan fingerprint density at radius 3 is 2.56 bits per heavy atom. The lowest BCUT2D eigenvalue weighted by Crippen LogP contribution is -2.38. The summed E-state index contributed by atoms with van der Waals surface area (Å²) in [5.41, 5.74) is 0.0130. The summed E-state index contributed by atoms with van der Waals surface area (Å²) in [7, 11) is 1.74. The summed E-state index contributed by atoms with van der Waals surface area (Å²) < 4.78 is 3.44. The van der Waals surface area contributed by atoms with Gasteiger partial charge in [0, 0.05) is 32.1 Å². The van der Waals surface area contributed by atoms with Crippen LogP contribution in [0.4, 0.5) is 0 Å². The standard InChI is InChI=1S/C18H24N4O2S/c1-20-18(24)22(14-5-2-3-6-14)16(19-20)13-8-10-21(11-9-13)17(23)15-7-4-12-25-15/h4,7,12-14H,2-3,5-6,8-11H2,1H3. The maximum Gasteiger partial charge on any atom is 0.345 e. The van der Waals surface area contributed by atoms with Crippen molar-refractivity contribution in [1.82, 2.24) is 19.2 Å². The molecule has 4 rings (SSSR count). The van der Waals surface area contributed by atoms with Crippen LogP contribution in [0.1, 0.15) is 66.0 Å². The Morgan fingerprint density at radius 2 is 1.92 bits per heavy atom. The molecule has 0 bridgehead atoms. The van der Waals surface area contributed by atoms with Crippen LogP contribution in [-0.2, 0) is 7.05 Å². The Morgan fingerprint density at radius 1 is 1.20 bits per heavy atom. The molecule has 0 unspecified atom stereocenters. The molecule has 6 nitrogen and oxygen atoms in total. The lowest BCUT2D eigenvalue weighted by atomic mass is 9.95. The fraction of sp³-hybridized carbons (Fsp3) is 0.611. The summed E-state index contributed by atoms with van der Waals surface area (Å²) in [5.74, 6) is 1.33. The first-order valence-corrected chi connectivity index (χ1v) is 10.0. The van der Waals surface area contributed by atoms with Gasteiger partial charge in [0.2, 0.25) is 0 Å². The molecule has 0 N–H and O–H groups in total. The smallest absolute Gasteiger partial charge is 0.338 e. The van der Waals surface area contributed by atoms with Gasteiger partial charge in [-0.3, -0.25) is 9.36 Å². The number of hydrogen-bond donors (Lipinski definition) is 0. The van der Waals surface area contributed by atoms with Crippen molar-refractivity contribution in [3.05, 3.63) is 38.7 Å². The second-order valence-corrected chi connectivity index (χ2v) is 8.06. The number of hydrogen-bond acceptors (Lipinski definition) is 4. The third-order valence-electron chi connectivity index (χ3n) is 5.55. The molecule has 0 radical (unpaired) electrons. The molecule has 2 fully saturated rings. The van der Waals surface area contributed by atoms with Gasteiger partial charge in [-0.2, -0.15) is 5.10 Å². The summed E-state index contributed by atoms with van der Waals surface area (Å²) in [6.45, 7) is 1.47. The second-order valence-electron chi connectivity index (χ2n) is 7.12. The first kappa shape index (κ1) is 16.6. The van der Waals surface area contributed by atoms with E-state index in [0.29, 0.717) is 6.04 Å². The van der Waals surface area contributed by atoms with Crippen molar-refractivity contribution in [1.29, 1.82) is 0 Å². The van der Waals surface area contributed by atoms with E-state index in [1.165, 1.54) is 28.9 Å².